The van der Waals surface area contributed by atoms with Gasteiger partial charge in [0.15, 0.2) is 0 Å². The van der Waals surface area contributed by atoms with E-state index in [4.69, 9.17) is 4.74 Å². The summed E-state index contributed by atoms with van der Waals surface area (Å²) in [5.74, 6) is 0.711. The molecule has 0 saturated carbocycles. The van der Waals surface area contributed by atoms with E-state index >= 15 is 0 Å². The number of ether oxygens (including phenoxy) is 1. The molecule has 1 atom stereocenters. The largest absolute Gasteiger partial charge is 0.496 e. The molecule has 1 amide bonds. The molecule has 2 aromatic rings. The normalized spacial score (nSPS) is 15.8. The Morgan fingerprint density at radius 3 is 2.44 bits per heavy atom. The van der Waals surface area contributed by atoms with Crippen molar-refractivity contribution in [1.82, 2.24) is 4.72 Å². The van der Waals surface area contributed by atoms with Crippen molar-refractivity contribution in [3.8, 4) is 5.75 Å². The van der Waals surface area contributed by atoms with Gasteiger partial charge in [-0.1, -0.05) is 17.7 Å². The molecular formula is C20H24N2O4S. The molecule has 0 spiro atoms. The molecule has 1 fully saturated rings. The number of nitrogens with zero attached hydrogens (tertiary/aromatic N) is 1. The number of hydrogen-bond acceptors (Lipinski definition) is 4. The van der Waals surface area contributed by atoms with Gasteiger partial charge < -0.3 is 9.64 Å². The highest BCUT2D eigenvalue weighted by molar-refractivity contribution is 7.89. The molecule has 0 radical (unpaired) electrons. The first kappa shape index (κ1) is 19.4. The maximum Gasteiger partial charge on any atom is 0.241 e. The minimum absolute atomic E-state index is 0.0731. The summed E-state index contributed by atoms with van der Waals surface area (Å²) in [5.41, 5.74) is 2.53. The molecule has 2 aromatic carbocycles. The van der Waals surface area contributed by atoms with Gasteiger partial charge in [0.1, 0.15) is 5.75 Å². The van der Waals surface area contributed by atoms with Crippen LogP contribution in [0.3, 0.4) is 0 Å². The van der Waals surface area contributed by atoms with Crippen molar-refractivity contribution in [2.45, 2.75) is 37.6 Å². The first-order valence-electron chi connectivity index (χ1n) is 8.89. The zero-order valence-electron chi connectivity index (χ0n) is 15.7. The molecule has 144 valence electrons. The summed E-state index contributed by atoms with van der Waals surface area (Å²) in [5, 5.41) is 0. The molecule has 1 saturated heterocycles. The zero-order chi connectivity index (χ0) is 19.6. The molecule has 6 nitrogen and oxygen atoms in total. The van der Waals surface area contributed by atoms with Gasteiger partial charge in [0.05, 0.1) is 12.0 Å². The number of benzene rings is 2. The topological polar surface area (TPSA) is 75.7 Å². The van der Waals surface area contributed by atoms with Crippen LogP contribution < -0.4 is 14.4 Å². The standard InChI is InChI=1S/C20H24N2O4S/c1-14-6-11-19(26-3)18(13-14)15(2)21-27(24,25)17-9-7-16(8-10-17)22-12-4-5-20(22)23/h6-11,13,15,21H,4-5,12H2,1-3H3/t15-/m0/s1. The summed E-state index contributed by atoms with van der Waals surface area (Å²) in [6.07, 6.45) is 1.37. The minimum Gasteiger partial charge on any atom is -0.496 e. The number of rotatable bonds is 6. The van der Waals surface area contributed by atoms with E-state index in [1.54, 1.807) is 31.1 Å². The van der Waals surface area contributed by atoms with Gasteiger partial charge in [-0.2, -0.15) is 0 Å². The highest BCUT2D eigenvalue weighted by Crippen LogP contribution is 2.28. The maximum absolute atomic E-state index is 12.8. The predicted molar refractivity (Wildman–Crippen MR) is 104 cm³/mol. The third-order valence-corrected chi connectivity index (χ3v) is 6.27. The third-order valence-electron chi connectivity index (χ3n) is 4.72. The van der Waals surface area contributed by atoms with Gasteiger partial charge in [0, 0.05) is 30.3 Å². The van der Waals surface area contributed by atoms with Crippen LogP contribution in [-0.4, -0.2) is 28.0 Å². The van der Waals surface area contributed by atoms with Crippen molar-refractivity contribution in [1.29, 1.82) is 0 Å². The van der Waals surface area contributed by atoms with Crippen molar-refractivity contribution in [3.05, 3.63) is 53.6 Å². The SMILES string of the molecule is COc1ccc(C)cc1[C@H](C)NS(=O)(=O)c1ccc(N2CCCC2=O)cc1. The van der Waals surface area contributed by atoms with Gasteiger partial charge >= 0.3 is 0 Å². The molecule has 1 heterocycles. The number of hydrogen-bond donors (Lipinski definition) is 1. The summed E-state index contributed by atoms with van der Waals surface area (Å²) in [7, 11) is -2.15. The van der Waals surface area contributed by atoms with Crippen LogP contribution >= 0.6 is 0 Å². The van der Waals surface area contributed by atoms with Crippen LogP contribution in [0.5, 0.6) is 5.75 Å². The first-order chi connectivity index (χ1) is 12.8. The molecule has 0 bridgehead atoms. The van der Waals surface area contributed by atoms with Gasteiger partial charge in [-0.25, -0.2) is 13.1 Å². The summed E-state index contributed by atoms with van der Waals surface area (Å²) in [4.78, 5) is 13.7. The monoisotopic (exact) mass is 388 g/mol. The number of carbonyl (C=O) groups excluding carboxylic acids is 1. The highest BCUT2D eigenvalue weighted by atomic mass is 32.2. The van der Waals surface area contributed by atoms with Crippen LogP contribution in [-0.2, 0) is 14.8 Å². The van der Waals surface area contributed by atoms with E-state index in [-0.39, 0.29) is 10.8 Å². The second-order valence-electron chi connectivity index (χ2n) is 6.73. The van der Waals surface area contributed by atoms with E-state index in [1.165, 1.54) is 12.1 Å². The van der Waals surface area contributed by atoms with Crippen molar-refractivity contribution < 1.29 is 17.9 Å². The Balaban J connectivity index is 1.80. The fraction of sp³-hybridized carbons (Fsp3) is 0.350. The summed E-state index contributed by atoms with van der Waals surface area (Å²) >= 11 is 0. The number of sulfonamides is 1. The van der Waals surface area contributed by atoms with Gasteiger partial charge in [-0.05, 0) is 50.6 Å². The molecule has 1 aliphatic rings. The third kappa shape index (κ3) is 4.14. The molecule has 0 aromatic heterocycles. The number of amides is 1. The van der Waals surface area contributed by atoms with E-state index in [2.05, 4.69) is 4.72 Å². The summed E-state index contributed by atoms with van der Waals surface area (Å²) in [6, 6.07) is 11.6. The minimum atomic E-state index is -3.71. The Labute approximate surface area is 160 Å². The Kier molecular flexibility index (Phi) is 5.53. The van der Waals surface area contributed by atoms with Crippen molar-refractivity contribution in [3.63, 3.8) is 0 Å². The molecule has 7 heteroatoms. The Bertz CT molecular complexity index is 939. The number of anilines is 1. The molecule has 3 rings (SSSR count). The van der Waals surface area contributed by atoms with Crippen LogP contribution in [0.1, 0.15) is 36.9 Å². The van der Waals surface area contributed by atoms with E-state index < -0.39 is 16.1 Å². The Morgan fingerprint density at radius 2 is 1.85 bits per heavy atom. The Morgan fingerprint density at radius 1 is 1.15 bits per heavy atom. The van der Waals surface area contributed by atoms with Crippen molar-refractivity contribution in [2.24, 2.45) is 0 Å². The van der Waals surface area contributed by atoms with Crippen LogP contribution in [0.2, 0.25) is 0 Å². The van der Waals surface area contributed by atoms with Gasteiger partial charge in [-0.15, -0.1) is 0 Å². The van der Waals surface area contributed by atoms with Crippen molar-refractivity contribution in [2.75, 3.05) is 18.6 Å². The van der Waals surface area contributed by atoms with Crippen LogP contribution in [0.25, 0.3) is 0 Å². The van der Waals surface area contributed by atoms with E-state index in [0.717, 1.165) is 23.2 Å². The van der Waals surface area contributed by atoms with Crippen molar-refractivity contribution >= 4 is 21.6 Å². The second-order valence-corrected chi connectivity index (χ2v) is 8.45. The van der Waals surface area contributed by atoms with Gasteiger partial charge in [0.25, 0.3) is 0 Å². The smallest absolute Gasteiger partial charge is 0.241 e. The fourth-order valence-corrected chi connectivity index (χ4v) is 4.51. The first-order valence-corrected chi connectivity index (χ1v) is 10.4. The predicted octanol–water partition coefficient (Wildman–Crippen LogP) is 3.17. The summed E-state index contributed by atoms with van der Waals surface area (Å²) < 4.78 is 33.6. The Hall–Kier alpha value is -2.38. The maximum atomic E-state index is 12.8. The second kappa shape index (κ2) is 7.70. The lowest BCUT2D eigenvalue weighted by atomic mass is 10.1. The molecule has 1 N–H and O–H groups in total. The van der Waals surface area contributed by atoms with Crippen LogP contribution in [0.15, 0.2) is 47.4 Å². The molecule has 27 heavy (non-hydrogen) atoms. The van der Waals surface area contributed by atoms with Crippen LogP contribution in [0, 0.1) is 6.92 Å². The number of aryl methyl sites for hydroxylation is 1. The molecule has 0 unspecified atom stereocenters. The average Bonchev–Trinajstić information content (AvgIpc) is 3.07. The van der Waals surface area contributed by atoms with E-state index in [1.807, 2.05) is 25.1 Å². The summed E-state index contributed by atoms with van der Waals surface area (Å²) in [6.45, 7) is 4.40. The molecular weight excluding hydrogens is 364 g/mol. The van der Waals surface area contributed by atoms with E-state index in [9.17, 15) is 13.2 Å². The van der Waals surface area contributed by atoms with Gasteiger partial charge in [0.2, 0.25) is 15.9 Å². The molecule has 0 aliphatic carbocycles. The lowest BCUT2D eigenvalue weighted by molar-refractivity contribution is -0.117. The lowest BCUT2D eigenvalue weighted by Crippen LogP contribution is -2.27. The quantitative estimate of drug-likeness (QED) is 0.825. The number of nitrogens with one attached hydrogen (secondary N) is 1. The number of methoxy groups -OCH3 is 1. The zero-order valence-corrected chi connectivity index (χ0v) is 16.5. The highest BCUT2D eigenvalue weighted by Gasteiger charge is 2.24. The number of carbonyl (C=O) groups is 1. The fourth-order valence-electron chi connectivity index (χ4n) is 3.28. The average molecular weight is 388 g/mol. The lowest BCUT2D eigenvalue weighted by Gasteiger charge is -2.19. The van der Waals surface area contributed by atoms with E-state index in [0.29, 0.717) is 18.7 Å². The van der Waals surface area contributed by atoms with Gasteiger partial charge in [-0.3, -0.25) is 4.79 Å². The molecule has 1 aliphatic heterocycles. The van der Waals surface area contributed by atoms with Crippen LogP contribution in [0.4, 0.5) is 5.69 Å².